The summed E-state index contributed by atoms with van der Waals surface area (Å²) >= 11 is 3.39. The van der Waals surface area contributed by atoms with Crippen LogP contribution in [0.4, 0.5) is 0 Å². The molecule has 0 aliphatic carbocycles. The van der Waals surface area contributed by atoms with E-state index in [2.05, 4.69) is 48.5 Å². The molecule has 0 atom stereocenters. The fraction of sp³-hybridized carbons (Fsp3) is 0.931. The van der Waals surface area contributed by atoms with Gasteiger partial charge in [-0.15, -0.1) is 0 Å². The third-order valence-corrected chi connectivity index (χ3v) is 16.5. The summed E-state index contributed by atoms with van der Waals surface area (Å²) in [4.78, 5) is 50.5. The van der Waals surface area contributed by atoms with Crippen LogP contribution < -0.4 is 25.5 Å². The van der Waals surface area contributed by atoms with Gasteiger partial charge in [-0.2, -0.15) is 0 Å². The standard InChI is InChI=1S/5C12H24O2.C8H17.C4H9.H2S.2Sn/c5*1-2-3-4-5-6-7-8-9-10-11-12(13)14;1-3-5-7-8-6-4-2;1-3-4-2;;;/h5*2-11H2,1H3,(H,13,14);1,3-8H2,2H3;1,3-4H2,2H3;1H2;;/q;;;;;;;;2*+3/p-6. The number of hydrogen-bond donors (Lipinski definition) is 0. The van der Waals surface area contributed by atoms with E-state index in [-0.39, 0.29) is 45.6 Å². The third kappa shape index (κ3) is 142. The molecule has 0 aliphatic heterocycles. The predicted molar refractivity (Wildman–Crippen MR) is 362 cm³/mol. The molecule has 0 bridgehead atoms. The van der Waals surface area contributed by atoms with Crippen LogP contribution in [-0.2, 0) is 37.5 Å². The van der Waals surface area contributed by atoms with Crippen LogP contribution >= 0.6 is 0 Å². The van der Waals surface area contributed by atoms with E-state index in [9.17, 15) is 49.5 Å². The van der Waals surface area contributed by atoms with Crippen molar-refractivity contribution in [3.63, 3.8) is 0 Å². The van der Waals surface area contributed by atoms with Crippen molar-refractivity contribution < 1.29 is 49.5 Å². The van der Waals surface area contributed by atoms with Crippen molar-refractivity contribution in [2.45, 2.75) is 430 Å². The van der Waals surface area contributed by atoms with Crippen molar-refractivity contribution in [1.29, 1.82) is 0 Å². The Morgan fingerprint density at radius 3 is 0.388 bits per heavy atom. The molecule has 0 fully saturated rings. The zero-order valence-electron chi connectivity index (χ0n) is 57.5. The van der Waals surface area contributed by atoms with Crippen molar-refractivity contribution in [2.75, 3.05) is 0 Å². The van der Waals surface area contributed by atoms with Gasteiger partial charge in [-0.3, -0.25) is 0 Å². The second kappa shape index (κ2) is 102. The van der Waals surface area contributed by atoms with E-state index in [0.29, 0.717) is 0 Å². The molecule has 0 aromatic rings. The van der Waals surface area contributed by atoms with Crippen LogP contribution in [0.2, 0.25) is 8.87 Å². The zero-order chi connectivity index (χ0) is 64.3. The Hall–Kier alpha value is -0.703. The van der Waals surface area contributed by atoms with Crippen LogP contribution in [0.3, 0.4) is 0 Å². The first-order valence-electron chi connectivity index (χ1n) is 36.0. The predicted octanol–water partition coefficient (Wildman–Crippen LogP) is 17.3. The number of carboxylic acid groups (broad SMARTS) is 5. The summed E-state index contributed by atoms with van der Waals surface area (Å²) in [6.45, 7) is 15.6. The molecule has 0 aromatic heterocycles. The topological polar surface area (TPSA) is 201 Å². The first-order valence-corrected chi connectivity index (χ1v) is 40.0. The average Bonchev–Trinajstić information content (AvgIpc) is 3.46. The van der Waals surface area contributed by atoms with Gasteiger partial charge in [0.2, 0.25) is 0 Å². The summed E-state index contributed by atoms with van der Waals surface area (Å²) < 4.78 is 2.89. The molecule has 0 heterocycles. The molecule has 85 heavy (non-hydrogen) atoms. The van der Waals surface area contributed by atoms with E-state index in [4.69, 9.17) is 0 Å². The van der Waals surface area contributed by atoms with Gasteiger partial charge in [0.25, 0.3) is 0 Å². The summed E-state index contributed by atoms with van der Waals surface area (Å²) in [6.07, 6.45) is 67.3. The SMILES string of the molecule is CCCCCCCCCCCC(=O)[O-].CCCCCCCCCCCC(=O)[O-].CCCCCCCCCCCC(=O)[O-].CCCCCCCCCCCC(=O)[O-].CCCCCCCCCCCC(=O)[O-].CCCCCCC[CH2][Sn+3].CCC[CH2][Sn+3].[SH-]. The Morgan fingerprint density at radius 2 is 0.294 bits per heavy atom. The van der Waals surface area contributed by atoms with Gasteiger partial charge in [0.15, 0.2) is 0 Å². The maximum absolute atomic E-state index is 10.1. The minimum absolute atomic E-state index is 0. The third-order valence-electron chi connectivity index (χ3n) is 14.5. The number of carbonyl (C=O) groups is 5. The average molecular weight is 1440 g/mol. The fourth-order valence-corrected chi connectivity index (χ4v) is 10.7. The maximum Gasteiger partial charge on any atom is -0.813 e. The minimum Gasteiger partial charge on any atom is -0.813 e. The number of thiol groups is 1. The summed E-state index contributed by atoms with van der Waals surface area (Å²) in [7, 11) is 0. The zero-order valence-corrected chi connectivity index (χ0v) is 64.1. The number of carboxylic acids is 5. The Morgan fingerprint density at radius 1 is 0.188 bits per heavy atom. The Kier molecular flexibility index (Phi) is 121. The maximum atomic E-state index is 10.1. The summed E-state index contributed by atoms with van der Waals surface area (Å²) in [5.74, 6) is -4.55. The van der Waals surface area contributed by atoms with Gasteiger partial charge in [0.05, 0.1) is 0 Å². The van der Waals surface area contributed by atoms with E-state index < -0.39 is 29.8 Å². The number of carbonyl (C=O) groups excluding carboxylic acids is 5. The Labute approximate surface area is 563 Å². The van der Waals surface area contributed by atoms with Crippen molar-refractivity contribution >= 4 is 88.4 Å². The number of rotatable bonds is 58. The van der Waals surface area contributed by atoms with E-state index in [0.717, 1.165) is 64.2 Å². The van der Waals surface area contributed by atoms with Crippen molar-refractivity contribution in [1.82, 2.24) is 0 Å². The van der Waals surface area contributed by atoms with Gasteiger partial charge in [-0.1, -0.05) is 291 Å². The van der Waals surface area contributed by atoms with E-state index in [1.165, 1.54) is 285 Å². The minimum atomic E-state index is -0.909. The molecule has 504 valence electrons. The largest absolute Gasteiger partial charge is 0.813 e. The second-order valence-electron chi connectivity index (χ2n) is 23.4. The van der Waals surface area contributed by atoms with Gasteiger partial charge in [-0.05, 0) is 64.2 Å². The summed E-state index contributed by atoms with van der Waals surface area (Å²) in [6, 6.07) is 0. The molecule has 0 amide bonds. The number of hydrogen-bond acceptors (Lipinski definition) is 11. The van der Waals surface area contributed by atoms with Crippen molar-refractivity contribution in [3.8, 4) is 0 Å². The van der Waals surface area contributed by atoms with Gasteiger partial charge in [0.1, 0.15) is 0 Å². The quantitative estimate of drug-likeness (QED) is 0.0243. The molecule has 0 radical (unpaired) electrons. The van der Waals surface area contributed by atoms with Crippen LogP contribution in [0.15, 0.2) is 0 Å². The van der Waals surface area contributed by atoms with Crippen LogP contribution in [0.1, 0.15) is 421 Å². The molecule has 0 unspecified atom stereocenters. The smallest absolute Gasteiger partial charge is 0.813 e. The fourth-order valence-electron chi connectivity index (χ4n) is 8.98. The first-order chi connectivity index (χ1) is 40.7. The van der Waals surface area contributed by atoms with Crippen LogP contribution in [0.25, 0.3) is 0 Å². The van der Waals surface area contributed by atoms with Crippen LogP contribution in [0.5, 0.6) is 0 Å². The molecule has 0 aromatic carbocycles. The molecule has 0 saturated heterocycles. The number of aliphatic carboxylic acids is 5. The molecular weight excluding hydrogens is 1290 g/mol. The molecule has 10 nitrogen and oxygen atoms in total. The van der Waals surface area contributed by atoms with Gasteiger partial charge >= 0.3 is 119 Å². The van der Waals surface area contributed by atoms with Gasteiger partial charge in [0, 0.05) is 29.8 Å². The second-order valence-corrected chi connectivity index (χ2v) is 26.2. The first kappa shape index (κ1) is 100. The van der Waals surface area contributed by atoms with E-state index in [1.54, 1.807) is 45.0 Å². The van der Waals surface area contributed by atoms with Crippen molar-refractivity contribution in [2.24, 2.45) is 0 Å². The Balaban J connectivity index is -0.000000137. The monoisotopic (exact) mass is 1440 g/mol. The molecule has 13 heteroatoms. The van der Waals surface area contributed by atoms with E-state index >= 15 is 0 Å². The van der Waals surface area contributed by atoms with Crippen LogP contribution in [0, 0.1) is 0 Å². The van der Waals surface area contributed by atoms with Crippen molar-refractivity contribution in [3.05, 3.63) is 0 Å². The molecule has 0 rings (SSSR count). The molecular formula is C72H142O10SSn2. The number of unbranched alkanes of at least 4 members (excludes halogenated alkanes) is 46. The summed E-state index contributed by atoms with van der Waals surface area (Å²) in [5, 5.41) is 50.5. The molecule has 0 spiro atoms. The van der Waals surface area contributed by atoms with Gasteiger partial charge in [-0.25, -0.2) is 0 Å². The van der Waals surface area contributed by atoms with Crippen LogP contribution in [-0.4, -0.2) is 74.9 Å². The van der Waals surface area contributed by atoms with Gasteiger partial charge < -0.3 is 63.0 Å². The normalized spacial score (nSPS) is 10.1. The Bertz CT molecular complexity index is 1020. The summed E-state index contributed by atoms with van der Waals surface area (Å²) in [5.41, 5.74) is 0. The molecule has 0 aliphatic rings. The molecule has 0 N–H and O–H groups in total. The molecule has 0 saturated carbocycles. The van der Waals surface area contributed by atoms with E-state index in [1.807, 2.05) is 0 Å².